The summed E-state index contributed by atoms with van der Waals surface area (Å²) in [5.74, 6) is -0.393. The number of nitrogens with one attached hydrogen (secondary N) is 1. The molecule has 0 saturated carbocycles. The van der Waals surface area contributed by atoms with Crippen molar-refractivity contribution in [1.29, 1.82) is 0 Å². The molecule has 0 atom stereocenters. The first kappa shape index (κ1) is 19.7. The van der Waals surface area contributed by atoms with Crippen molar-refractivity contribution in [2.24, 2.45) is 0 Å². The summed E-state index contributed by atoms with van der Waals surface area (Å²) >= 11 is 1.12. The average molecular weight is 397 g/mol. The van der Waals surface area contributed by atoms with E-state index in [1.165, 1.54) is 0 Å². The second-order valence-electron chi connectivity index (χ2n) is 5.84. The maximum absolute atomic E-state index is 13.0. The van der Waals surface area contributed by atoms with Crippen LogP contribution in [0.2, 0.25) is 0 Å². The Morgan fingerprint density at radius 1 is 1.04 bits per heavy atom. The van der Waals surface area contributed by atoms with Crippen molar-refractivity contribution < 1.29 is 18.7 Å². The van der Waals surface area contributed by atoms with Gasteiger partial charge in [0.05, 0.1) is 23.5 Å². The van der Waals surface area contributed by atoms with E-state index >= 15 is 0 Å². The molecule has 1 amide bonds. The largest absolute Gasteiger partial charge is 0.465 e. The van der Waals surface area contributed by atoms with Crippen LogP contribution in [0, 0.1) is 0 Å². The fraction of sp³-hybridized carbons (Fsp3) is 0.190. The number of rotatable bonds is 7. The zero-order valence-electron chi connectivity index (χ0n) is 15.3. The van der Waals surface area contributed by atoms with Gasteiger partial charge in [-0.15, -0.1) is 11.8 Å². The minimum atomic E-state index is -0.394. The monoisotopic (exact) mass is 397 g/mol. The fourth-order valence-corrected chi connectivity index (χ4v) is 3.26. The normalized spacial score (nSPS) is 10.6. The number of thioether (sulfide) groups is 1. The third-order valence-electron chi connectivity index (χ3n) is 3.86. The van der Waals surface area contributed by atoms with Crippen LogP contribution >= 0.6 is 11.8 Å². The Morgan fingerprint density at radius 2 is 1.75 bits per heavy atom. The highest BCUT2D eigenvalue weighted by Crippen LogP contribution is 2.29. The number of hydrogen-bond acceptors (Lipinski definition) is 6. The first-order chi connectivity index (χ1) is 13.6. The minimum Gasteiger partial charge on any atom is -0.465 e. The number of benzene rings is 2. The van der Waals surface area contributed by atoms with Crippen LogP contribution in [0.25, 0.3) is 22.3 Å². The van der Waals surface area contributed by atoms with E-state index in [-0.39, 0.29) is 28.6 Å². The van der Waals surface area contributed by atoms with Crippen LogP contribution in [0.3, 0.4) is 0 Å². The highest BCUT2D eigenvalue weighted by atomic mass is 32.2. The molecule has 0 unspecified atom stereocenters. The molecule has 0 spiro atoms. The number of carbonyl (C=O) groups is 2. The Kier molecular flexibility index (Phi) is 6.49. The Balaban J connectivity index is 1.89. The number of para-hydroxylation sites is 1. The number of esters is 1. The molecular weight excluding hydrogens is 378 g/mol. The maximum Gasteiger partial charge on any atom is 0.315 e. The Morgan fingerprint density at radius 3 is 2.50 bits per heavy atom. The summed E-state index contributed by atoms with van der Waals surface area (Å²) in [6, 6.07) is 16.0. The van der Waals surface area contributed by atoms with Gasteiger partial charge in [0, 0.05) is 5.56 Å². The lowest BCUT2D eigenvalue weighted by molar-refractivity contribution is -0.139. The van der Waals surface area contributed by atoms with Crippen molar-refractivity contribution in [2.45, 2.75) is 6.92 Å². The Bertz CT molecular complexity index is 1050. The van der Waals surface area contributed by atoms with Crippen molar-refractivity contribution in [3.8, 4) is 11.3 Å². The molecule has 0 aliphatic heterocycles. The summed E-state index contributed by atoms with van der Waals surface area (Å²) in [6.45, 7) is 2.02. The summed E-state index contributed by atoms with van der Waals surface area (Å²) in [5, 5.41) is 3.04. The van der Waals surface area contributed by atoms with Gasteiger partial charge in [-0.25, -0.2) is 0 Å². The second-order valence-corrected chi connectivity index (χ2v) is 6.83. The average Bonchev–Trinajstić information content (AvgIpc) is 2.71. The molecule has 0 fully saturated rings. The van der Waals surface area contributed by atoms with Gasteiger partial charge < -0.3 is 14.5 Å². The third-order valence-corrected chi connectivity index (χ3v) is 4.76. The van der Waals surface area contributed by atoms with Crippen LogP contribution in [0.5, 0.6) is 0 Å². The van der Waals surface area contributed by atoms with Gasteiger partial charge in [0.1, 0.15) is 11.3 Å². The summed E-state index contributed by atoms with van der Waals surface area (Å²) < 4.78 is 10.8. The number of anilines is 1. The zero-order valence-corrected chi connectivity index (χ0v) is 16.1. The topological polar surface area (TPSA) is 85.6 Å². The molecule has 6 nitrogen and oxygen atoms in total. The van der Waals surface area contributed by atoms with E-state index in [4.69, 9.17) is 9.15 Å². The van der Waals surface area contributed by atoms with Gasteiger partial charge in [0.2, 0.25) is 11.3 Å². The molecule has 3 aromatic rings. The van der Waals surface area contributed by atoms with Crippen LogP contribution in [-0.2, 0) is 14.3 Å². The van der Waals surface area contributed by atoms with E-state index in [1.807, 2.05) is 18.2 Å². The van der Waals surface area contributed by atoms with Crippen LogP contribution in [0.15, 0.2) is 63.8 Å². The van der Waals surface area contributed by atoms with Gasteiger partial charge in [-0.3, -0.25) is 14.4 Å². The molecule has 1 N–H and O–H groups in total. The molecule has 0 bridgehead atoms. The highest BCUT2D eigenvalue weighted by molar-refractivity contribution is 8.00. The van der Waals surface area contributed by atoms with E-state index in [9.17, 15) is 14.4 Å². The van der Waals surface area contributed by atoms with Crippen molar-refractivity contribution in [2.75, 3.05) is 23.4 Å². The predicted molar refractivity (Wildman–Crippen MR) is 111 cm³/mol. The zero-order chi connectivity index (χ0) is 19.9. The summed E-state index contributed by atoms with van der Waals surface area (Å²) in [7, 11) is 0. The van der Waals surface area contributed by atoms with Gasteiger partial charge in [-0.05, 0) is 19.1 Å². The lowest BCUT2D eigenvalue weighted by Crippen LogP contribution is -2.21. The van der Waals surface area contributed by atoms with Crippen molar-refractivity contribution in [1.82, 2.24) is 0 Å². The Labute approximate surface area is 165 Å². The molecule has 0 radical (unpaired) electrons. The summed E-state index contributed by atoms with van der Waals surface area (Å²) in [6.07, 6.45) is 0. The van der Waals surface area contributed by atoms with Crippen LogP contribution < -0.4 is 10.7 Å². The number of amides is 1. The van der Waals surface area contributed by atoms with E-state index in [0.717, 1.165) is 11.8 Å². The number of ether oxygens (including phenoxy) is 1. The lowest BCUT2D eigenvalue weighted by atomic mass is 10.1. The van der Waals surface area contributed by atoms with E-state index < -0.39 is 5.91 Å². The molecule has 0 saturated heterocycles. The molecule has 0 aliphatic rings. The molecule has 144 valence electrons. The molecule has 0 aliphatic carbocycles. The van der Waals surface area contributed by atoms with E-state index in [1.54, 1.807) is 43.3 Å². The molecular formula is C21H19NO5S. The van der Waals surface area contributed by atoms with Crippen LogP contribution in [0.4, 0.5) is 5.69 Å². The third kappa shape index (κ3) is 4.61. The van der Waals surface area contributed by atoms with Crippen LogP contribution in [-0.4, -0.2) is 30.0 Å². The van der Waals surface area contributed by atoms with Crippen LogP contribution in [0.1, 0.15) is 6.92 Å². The van der Waals surface area contributed by atoms with Crippen molar-refractivity contribution >= 4 is 40.3 Å². The van der Waals surface area contributed by atoms with Crippen molar-refractivity contribution in [3.63, 3.8) is 0 Å². The number of hydrogen-bond donors (Lipinski definition) is 1. The smallest absolute Gasteiger partial charge is 0.315 e. The lowest BCUT2D eigenvalue weighted by Gasteiger charge is -2.11. The molecule has 2 aromatic carbocycles. The maximum atomic E-state index is 13.0. The SMILES string of the molecule is CCOC(=O)CSCC(=O)Nc1c(-c2ccccc2)oc2ccccc2c1=O. The summed E-state index contributed by atoms with van der Waals surface area (Å²) in [5.41, 5.74) is 0.900. The first-order valence-electron chi connectivity index (χ1n) is 8.74. The van der Waals surface area contributed by atoms with Gasteiger partial charge in [-0.2, -0.15) is 0 Å². The van der Waals surface area contributed by atoms with Gasteiger partial charge >= 0.3 is 5.97 Å². The quantitative estimate of drug-likeness (QED) is 0.612. The standard InChI is InChI=1S/C21H19NO5S/c1-2-26-18(24)13-28-12-17(23)22-19-20(25)15-10-6-7-11-16(15)27-21(19)14-8-4-3-5-9-14/h3-11H,2,12-13H2,1H3,(H,22,23). The number of fused-ring (bicyclic) bond motifs is 1. The molecule has 3 rings (SSSR count). The number of carbonyl (C=O) groups excluding carboxylic acids is 2. The second kappa shape index (κ2) is 9.23. The van der Waals surface area contributed by atoms with Gasteiger partial charge in [-0.1, -0.05) is 42.5 Å². The Hall–Kier alpha value is -3.06. The first-order valence-corrected chi connectivity index (χ1v) is 9.90. The highest BCUT2D eigenvalue weighted by Gasteiger charge is 2.18. The molecule has 1 heterocycles. The van der Waals surface area contributed by atoms with Gasteiger partial charge in [0.15, 0.2) is 5.76 Å². The predicted octanol–water partition coefficient (Wildman–Crippen LogP) is 3.69. The molecule has 1 aromatic heterocycles. The van der Waals surface area contributed by atoms with Crippen molar-refractivity contribution in [3.05, 3.63) is 64.8 Å². The summed E-state index contributed by atoms with van der Waals surface area (Å²) in [4.78, 5) is 36.7. The van der Waals surface area contributed by atoms with E-state index in [0.29, 0.717) is 28.9 Å². The fourth-order valence-electron chi connectivity index (χ4n) is 2.65. The van der Waals surface area contributed by atoms with E-state index in [2.05, 4.69) is 5.32 Å². The minimum absolute atomic E-state index is 0.0132. The molecule has 28 heavy (non-hydrogen) atoms. The molecule has 7 heteroatoms. The van der Waals surface area contributed by atoms with Gasteiger partial charge in [0.25, 0.3) is 0 Å².